The first-order valence-electron chi connectivity index (χ1n) is 9.51. The third-order valence-electron chi connectivity index (χ3n) is 4.80. The summed E-state index contributed by atoms with van der Waals surface area (Å²) in [4.78, 5) is 28.7. The number of hydrogen-bond donors (Lipinski definition) is 2. The third-order valence-corrected chi connectivity index (χ3v) is 4.80. The van der Waals surface area contributed by atoms with Gasteiger partial charge in [0, 0.05) is 36.0 Å². The second-order valence-electron chi connectivity index (χ2n) is 6.77. The van der Waals surface area contributed by atoms with Crippen LogP contribution in [0.4, 0.5) is 0 Å². The second kappa shape index (κ2) is 8.14. The van der Waals surface area contributed by atoms with Crippen molar-refractivity contribution >= 4 is 11.8 Å². The molecule has 0 spiro atoms. The minimum atomic E-state index is -0.170. The Bertz CT molecular complexity index is 1080. The summed E-state index contributed by atoms with van der Waals surface area (Å²) in [7, 11) is 0. The number of aromatic nitrogens is 1. The van der Waals surface area contributed by atoms with Gasteiger partial charge < -0.3 is 15.4 Å². The zero-order valence-electron chi connectivity index (χ0n) is 16.1. The molecule has 0 atom stereocenters. The van der Waals surface area contributed by atoms with Crippen molar-refractivity contribution in [3.63, 3.8) is 0 Å². The van der Waals surface area contributed by atoms with Crippen LogP contribution in [0, 0.1) is 0 Å². The monoisotopic (exact) mass is 387 g/mol. The van der Waals surface area contributed by atoms with Crippen LogP contribution in [0.1, 0.15) is 38.8 Å². The number of carbonyl (C=O) groups is 2. The molecule has 2 N–H and O–H groups in total. The maximum absolute atomic E-state index is 12.6. The molecule has 6 heteroatoms. The van der Waals surface area contributed by atoms with E-state index in [-0.39, 0.29) is 11.8 Å². The molecule has 0 unspecified atom stereocenters. The smallest absolute Gasteiger partial charge is 0.251 e. The summed E-state index contributed by atoms with van der Waals surface area (Å²) < 4.78 is 5.74. The summed E-state index contributed by atoms with van der Waals surface area (Å²) in [5.74, 6) is 0.465. The average molecular weight is 387 g/mol. The SMILES string of the molecule is CCNC(=O)c1cccc(CNC(=O)c2ccc3c(c2)COc2cnccc2-3)c1. The van der Waals surface area contributed by atoms with Crippen LogP contribution >= 0.6 is 0 Å². The molecule has 1 aromatic heterocycles. The molecule has 1 aliphatic heterocycles. The highest BCUT2D eigenvalue weighted by Gasteiger charge is 2.18. The van der Waals surface area contributed by atoms with Gasteiger partial charge in [-0.15, -0.1) is 0 Å². The highest BCUT2D eigenvalue weighted by Crippen LogP contribution is 2.36. The van der Waals surface area contributed by atoms with Crippen molar-refractivity contribution in [2.75, 3.05) is 6.54 Å². The summed E-state index contributed by atoms with van der Waals surface area (Å²) in [5, 5.41) is 5.69. The lowest BCUT2D eigenvalue weighted by atomic mass is 9.96. The Balaban J connectivity index is 1.46. The van der Waals surface area contributed by atoms with Gasteiger partial charge in [-0.1, -0.05) is 18.2 Å². The van der Waals surface area contributed by atoms with Gasteiger partial charge in [0.15, 0.2) is 0 Å². The standard InChI is InChI=1S/C23H21N3O3/c1-2-25-22(27)16-5-3-4-15(10-16)12-26-23(28)17-6-7-19-18(11-17)14-29-21-13-24-9-8-20(19)21/h3-11,13H,2,12,14H2,1H3,(H,25,27)(H,26,28). The van der Waals surface area contributed by atoms with Crippen molar-refractivity contribution in [1.82, 2.24) is 15.6 Å². The molecule has 146 valence electrons. The van der Waals surface area contributed by atoms with Crippen molar-refractivity contribution < 1.29 is 14.3 Å². The maximum atomic E-state index is 12.6. The van der Waals surface area contributed by atoms with Gasteiger partial charge in [-0.2, -0.15) is 0 Å². The van der Waals surface area contributed by atoms with Gasteiger partial charge in [0.2, 0.25) is 0 Å². The summed E-state index contributed by atoms with van der Waals surface area (Å²) in [6.07, 6.45) is 3.43. The van der Waals surface area contributed by atoms with E-state index in [9.17, 15) is 9.59 Å². The summed E-state index contributed by atoms with van der Waals surface area (Å²) in [5.41, 5.74) is 5.03. The van der Waals surface area contributed by atoms with Crippen LogP contribution in [0.25, 0.3) is 11.1 Å². The van der Waals surface area contributed by atoms with Gasteiger partial charge in [0.1, 0.15) is 12.4 Å². The minimum Gasteiger partial charge on any atom is -0.487 e. The Morgan fingerprint density at radius 1 is 1.00 bits per heavy atom. The van der Waals surface area contributed by atoms with E-state index >= 15 is 0 Å². The molecular formula is C23H21N3O3. The van der Waals surface area contributed by atoms with E-state index in [0.29, 0.717) is 30.8 Å². The van der Waals surface area contributed by atoms with E-state index < -0.39 is 0 Å². The van der Waals surface area contributed by atoms with Crippen LogP contribution in [0.5, 0.6) is 5.75 Å². The van der Waals surface area contributed by atoms with Gasteiger partial charge in [0.05, 0.1) is 6.20 Å². The average Bonchev–Trinajstić information content (AvgIpc) is 2.77. The van der Waals surface area contributed by atoms with Gasteiger partial charge in [-0.25, -0.2) is 0 Å². The van der Waals surface area contributed by atoms with Gasteiger partial charge in [-0.05, 0) is 53.9 Å². The quantitative estimate of drug-likeness (QED) is 0.704. The Labute approximate surface area is 168 Å². The Morgan fingerprint density at radius 2 is 1.83 bits per heavy atom. The molecule has 1 aliphatic rings. The fraction of sp³-hybridized carbons (Fsp3) is 0.174. The zero-order valence-corrected chi connectivity index (χ0v) is 16.1. The Morgan fingerprint density at radius 3 is 2.69 bits per heavy atom. The number of hydrogen-bond acceptors (Lipinski definition) is 4. The molecule has 0 saturated carbocycles. The number of ether oxygens (including phenoxy) is 1. The predicted octanol–water partition coefficient (Wildman–Crippen LogP) is 3.32. The lowest BCUT2D eigenvalue weighted by molar-refractivity contribution is 0.0947. The van der Waals surface area contributed by atoms with E-state index in [1.807, 2.05) is 43.3 Å². The lowest BCUT2D eigenvalue weighted by Crippen LogP contribution is -2.24. The second-order valence-corrected chi connectivity index (χ2v) is 6.77. The van der Waals surface area contributed by atoms with Gasteiger partial charge in [-0.3, -0.25) is 14.6 Å². The molecule has 0 radical (unpaired) electrons. The molecule has 0 fully saturated rings. The summed E-state index contributed by atoms with van der Waals surface area (Å²) in [6, 6.07) is 14.8. The zero-order chi connectivity index (χ0) is 20.2. The fourth-order valence-corrected chi connectivity index (χ4v) is 3.36. The number of nitrogens with zero attached hydrogens (tertiary/aromatic N) is 1. The molecule has 3 aromatic rings. The molecule has 29 heavy (non-hydrogen) atoms. The van der Waals surface area contributed by atoms with Gasteiger partial charge >= 0.3 is 0 Å². The number of carbonyl (C=O) groups excluding carboxylic acids is 2. The molecule has 4 rings (SSSR count). The normalized spacial score (nSPS) is 11.6. The topological polar surface area (TPSA) is 80.3 Å². The van der Waals surface area contributed by atoms with Gasteiger partial charge in [0.25, 0.3) is 11.8 Å². The first kappa shape index (κ1) is 18.7. The minimum absolute atomic E-state index is 0.120. The van der Waals surface area contributed by atoms with Crippen LogP contribution in [0.3, 0.4) is 0 Å². The molecule has 0 bridgehead atoms. The van der Waals surface area contributed by atoms with Crippen molar-refractivity contribution in [3.8, 4) is 16.9 Å². The molecule has 2 heterocycles. The maximum Gasteiger partial charge on any atom is 0.251 e. The number of benzene rings is 2. The van der Waals surface area contributed by atoms with Crippen molar-refractivity contribution in [1.29, 1.82) is 0 Å². The number of amides is 2. The molecular weight excluding hydrogens is 366 g/mol. The summed E-state index contributed by atoms with van der Waals surface area (Å²) >= 11 is 0. The van der Waals surface area contributed by atoms with E-state index in [1.54, 1.807) is 24.5 Å². The first-order chi connectivity index (χ1) is 14.2. The van der Waals surface area contributed by atoms with Crippen molar-refractivity contribution in [2.45, 2.75) is 20.1 Å². The number of rotatable bonds is 5. The molecule has 6 nitrogen and oxygen atoms in total. The van der Waals surface area contributed by atoms with E-state index in [4.69, 9.17) is 4.74 Å². The van der Waals surface area contributed by atoms with E-state index in [1.165, 1.54) is 0 Å². The molecule has 0 aliphatic carbocycles. The fourth-order valence-electron chi connectivity index (χ4n) is 3.36. The third kappa shape index (κ3) is 3.96. The number of nitrogens with one attached hydrogen (secondary N) is 2. The molecule has 2 amide bonds. The van der Waals surface area contributed by atoms with Crippen molar-refractivity contribution in [3.05, 3.63) is 83.2 Å². The van der Waals surface area contributed by atoms with Crippen LogP contribution in [0.15, 0.2) is 60.9 Å². The highest BCUT2D eigenvalue weighted by molar-refractivity contribution is 5.96. The number of pyridine rings is 1. The Hall–Kier alpha value is -3.67. The van der Waals surface area contributed by atoms with Crippen molar-refractivity contribution in [2.24, 2.45) is 0 Å². The van der Waals surface area contributed by atoms with Crippen LogP contribution in [0.2, 0.25) is 0 Å². The molecule has 0 saturated heterocycles. The summed E-state index contributed by atoms with van der Waals surface area (Å²) in [6.45, 7) is 3.20. The van der Waals surface area contributed by atoms with E-state index in [2.05, 4.69) is 15.6 Å². The predicted molar refractivity (Wildman–Crippen MR) is 110 cm³/mol. The largest absolute Gasteiger partial charge is 0.487 e. The lowest BCUT2D eigenvalue weighted by Gasteiger charge is -2.20. The van der Waals surface area contributed by atoms with E-state index in [0.717, 1.165) is 28.0 Å². The van der Waals surface area contributed by atoms with Crippen LogP contribution in [-0.2, 0) is 13.2 Å². The Kier molecular flexibility index (Phi) is 5.24. The van der Waals surface area contributed by atoms with Crippen LogP contribution < -0.4 is 15.4 Å². The number of fused-ring (bicyclic) bond motifs is 3. The highest BCUT2D eigenvalue weighted by atomic mass is 16.5. The van der Waals surface area contributed by atoms with Crippen LogP contribution in [-0.4, -0.2) is 23.3 Å². The first-order valence-corrected chi connectivity index (χ1v) is 9.51. The molecule has 2 aromatic carbocycles.